The topological polar surface area (TPSA) is 69.1 Å². The molecule has 0 spiro atoms. The molecule has 146 valence electrons. The van der Waals surface area contributed by atoms with Gasteiger partial charge in [0.05, 0.1) is 24.9 Å². The number of nitrogens with zero attached hydrogens (tertiary/aromatic N) is 2. The summed E-state index contributed by atoms with van der Waals surface area (Å²) in [4.78, 5) is 7.14. The van der Waals surface area contributed by atoms with Crippen molar-refractivity contribution in [3.05, 3.63) is 0 Å². The molecule has 1 saturated heterocycles. The van der Waals surface area contributed by atoms with Crippen LogP contribution in [-0.4, -0.2) is 73.0 Å². The SMILES string of the molecule is CCNC(=NCC1(O)CCCC1)NC1CCN(CCOC(C)C)CC1. The maximum absolute atomic E-state index is 10.5. The predicted octanol–water partition coefficient (Wildman–Crippen LogP) is 1.74. The number of hydrogen-bond acceptors (Lipinski definition) is 4. The Bertz CT molecular complexity index is 400. The third-order valence-electron chi connectivity index (χ3n) is 5.20. The van der Waals surface area contributed by atoms with E-state index in [9.17, 15) is 5.11 Å². The molecule has 0 amide bonds. The number of likely N-dealkylation sites (tertiary alicyclic amines) is 1. The van der Waals surface area contributed by atoms with Crippen molar-refractivity contribution in [1.82, 2.24) is 15.5 Å². The zero-order valence-electron chi connectivity index (χ0n) is 16.4. The van der Waals surface area contributed by atoms with Gasteiger partial charge in [0.2, 0.25) is 0 Å². The summed E-state index contributed by atoms with van der Waals surface area (Å²) in [5, 5.41) is 17.4. The highest BCUT2D eigenvalue weighted by Gasteiger charge is 2.31. The molecule has 25 heavy (non-hydrogen) atoms. The molecule has 0 bridgehead atoms. The van der Waals surface area contributed by atoms with Gasteiger partial charge in [-0.1, -0.05) is 12.8 Å². The Hall–Kier alpha value is -0.850. The van der Waals surface area contributed by atoms with Gasteiger partial charge in [-0.25, -0.2) is 0 Å². The van der Waals surface area contributed by atoms with Crippen LogP contribution in [0.2, 0.25) is 0 Å². The van der Waals surface area contributed by atoms with Crippen LogP contribution in [0.5, 0.6) is 0 Å². The first-order valence-corrected chi connectivity index (χ1v) is 10.1. The van der Waals surface area contributed by atoms with Crippen LogP contribution >= 0.6 is 0 Å². The van der Waals surface area contributed by atoms with Gasteiger partial charge in [0.1, 0.15) is 0 Å². The lowest BCUT2D eigenvalue weighted by atomic mass is 10.0. The normalized spacial score (nSPS) is 22.5. The van der Waals surface area contributed by atoms with Gasteiger partial charge in [-0.05, 0) is 46.5 Å². The van der Waals surface area contributed by atoms with Gasteiger partial charge in [0.15, 0.2) is 5.96 Å². The lowest BCUT2D eigenvalue weighted by Gasteiger charge is -2.33. The average Bonchev–Trinajstić information content (AvgIpc) is 3.01. The summed E-state index contributed by atoms with van der Waals surface area (Å²) in [6, 6.07) is 0.457. The molecule has 2 fully saturated rings. The van der Waals surface area contributed by atoms with E-state index in [1.807, 2.05) is 0 Å². The molecule has 0 atom stereocenters. The van der Waals surface area contributed by atoms with Crippen molar-refractivity contribution >= 4 is 5.96 Å². The molecule has 0 aromatic heterocycles. The van der Waals surface area contributed by atoms with Crippen LogP contribution in [0.3, 0.4) is 0 Å². The first-order valence-electron chi connectivity index (χ1n) is 10.1. The van der Waals surface area contributed by atoms with E-state index in [0.717, 1.165) is 77.3 Å². The molecular weight excluding hydrogens is 316 g/mol. The molecule has 0 aromatic rings. The zero-order valence-corrected chi connectivity index (χ0v) is 16.4. The second-order valence-corrected chi connectivity index (χ2v) is 7.81. The van der Waals surface area contributed by atoms with Gasteiger partial charge < -0.3 is 25.4 Å². The van der Waals surface area contributed by atoms with Crippen molar-refractivity contribution in [1.29, 1.82) is 0 Å². The minimum Gasteiger partial charge on any atom is -0.388 e. The molecule has 2 rings (SSSR count). The van der Waals surface area contributed by atoms with Gasteiger partial charge in [0.25, 0.3) is 0 Å². The summed E-state index contributed by atoms with van der Waals surface area (Å²) in [5.41, 5.74) is -0.581. The van der Waals surface area contributed by atoms with E-state index >= 15 is 0 Å². The molecule has 0 unspecified atom stereocenters. The lowest BCUT2D eigenvalue weighted by Crippen LogP contribution is -2.49. The van der Waals surface area contributed by atoms with E-state index in [-0.39, 0.29) is 0 Å². The number of nitrogens with one attached hydrogen (secondary N) is 2. The third kappa shape index (κ3) is 7.50. The van der Waals surface area contributed by atoms with Crippen molar-refractivity contribution in [3.63, 3.8) is 0 Å². The van der Waals surface area contributed by atoms with Crippen LogP contribution in [0.4, 0.5) is 0 Å². The molecule has 1 saturated carbocycles. The maximum atomic E-state index is 10.5. The smallest absolute Gasteiger partial charge is 0.191 e. The molecular formula is C19H38N4O2. The number of ether oxygens (including phenoxy) is 1. The predicted molar refractivity (Wildman–Crippen MR) is 103 cm³/mol. The first kappa shape index (κ1) is 20.5. The largest absolute Gasteiger partial charge is 0.388 e. The fourth-order valence-electron chi connectivity index (χ4n) is 3.65. The summed E-state index contributed by atoms with van der Waals surface area (Å²) in [6.07, 6.45) is 6.56. The van der Waals surface area contributed by atoms with Gasteiger partial charge >= 0.3 is 0 Å². The van der Waals surface area contributed by atoms with E-state index in [0.29, 0.717) is 18.7 Å². The molecule has 0 aromatic carbocycles. The van der Waals surface area contributed by atoms with Crippen LogP contribution in [0.25, 0.3) is 0 Å². The minimum atomic E-state index is -0.581. The number of rotatable bonds is 8. The standard InChI is InChI=1S/C19H38N4O2/c1-4-20-18(21-15-19(24)9-5-6-10-19)22-17-7-11-23(12-8-17)13-14-25-16(2)3/h16-17,24H,4-15H2,1-3H3,(H2,20,21,22). The highest BCUT2D eigenvalue weighted by molar-refractivity contribution is 5.80. The first-order chi connectivity index (χ1) is 12.0. The highest BCUT2D eigenvalue weighted by atomic mass is 16.5. The van der Waals surface area contributed by atoms with Crippen LogP contribution in [-0.2, 0) is 4.74 Å². The summed E-state index contributed by atoms with van der Waals surface area (Å²) < 4.78 is 5.65. The van der Waals surface area contributed by atoms with Crippen molar-refractivity contribution in [3.8, 4) is 0 Å². The number of piperidine rings is 1. The second-order valence-electron chi connectivity index (χ2n) is 7.81. The summed E-state index contributed by atoms with van der Waals surface area (Å²) in [5.74, 6) is 0.851. The summed E-state index contributed by atoms with van der Waals surface area (Å²) in [6.45, 7) is 11.6. The van der Waals surface area contributed by atoms with Crippen molar-refractivity contribution in [2.24, 2.45) is 4.99 Å². The quantitative estimate of drug-likeness (QED) is 0.458. The monoisotopic (exact) mass is 354 g/mol. The Morgan fingerprint density at radius 3 is 2.56 bits per heavy atom. The van der Waals surface area contributed by atoms with Gasteiger partial charge in [-0.15, -0.1) is 0 Å². The number of aliphatic hydroxyl groups is 1. The lowest BCUT2D eigenvalue weighted by molar-refractivity contribution is 0.0531. The Morgan fingerprint density at radius 1 is 1.28 bits per heavy atom. The van der Waals surface area contributed by atoms with Crippen molar-refractivity contribution in [2.45, 2.75) is 77.0 Å². The van der Waals surface area contributed by atoms with Crippen LogP contribution in [0.1, 0.15) is 59.3 Å². The van der Waals surface area contributed by atoms with Crippen LogP contribution < -0.4 is 10.6 Å². The molecule has 2 aliphatic rings. The third-order valence-corrected chi connectivity index (χ3v) is 5.20. The fourth-order valence-corrected chi connectivity index (χ4v) is 3.65. The fraction of sp³-hybridized carbons (Fsp3) is 0.947. The van der Waals surface area contributed by atoms with Gasteiger partial charge in [0, 0.05) is 32.2 Å². The summed E-state index contributed by atoms with van der Waals surface area (Å²) in [7, 11) is 0. The van der Waals surface area contributed by atoms with Crippen molar-refractivity contribution < 1.29 is 9.84 Å². The molecule has 0 radical (unpaired) electrons. The molecule has 6 nitrogen and oxygen atoms in total. The number of aliphatic imine (C=N–C) groups is 1. The van der Waals surface area contributed by atoms with Gasteiger partial charge in [-0.3, -0.25) is 4.99 Å². The van der Waals surface area contributed by atoms with Gasteiger partial charge in [-0.2, -0.15) is 0 Å². The molecule has 3 N–H and O–H groups in total. The molecule has 1 heterocycles. The van der Waals surface area contributed by atoms with Crippen LogP contribution in [0, 0.1) is 0 Å². The van der Waals surface area contributed by atoms with Crippen molar-refractivity contribution in [2.75, 3.05) is 39.3 Å². The maximum Gasteiger partial charge on any atom is 0.191 e. The second kappa shape index (κ2) is 10.3. The Balaban J connectivity index is 1.73. The Labute approximate surface area is 153 Å². The van der Waals surface area contributed by atoms with E-state index in [1.165, 1.54) is 0 Å². The summed E-state index contributed by atoms with van der Waals surface area (Å²) >= 11 is 0. The number of hydrogen-bond donors (Lipinski definition) is 3. The Morgan fingerprint density at radius 2 is 1.96 bits per heavy atom. The average molecular weight is 355 g/mol. The molecule has 6 heteroatoms. The molecule has 1 aliphatic heterocycles. The minimum absolute atomic E-state index is 0.313. The molecule has 1 aliphatic carbocycles. The van der Waals surface area contributed by atoms with E-state index in [1.54, 1.807) is 0 Å². The Kier molecular flexibility index (Phi) is 8.46. The number of guanidine groups is 1. The highest BCUT2D eigenvalue weighted by Crippen LogP contribution is 2.29. The van der Waals surface area contributed by atoms with E-state index in [2.05, 4.69) is 41.3 Å². The van der Waals surface area contributed by atoms with E-state index in [4.69, 9.17) is 4.74 Å². The van der Waals surface area contributed by atoms with Crippen LogP contribution in [0.15, 0.2) is 4.99 Å². The zero-order chi connectivity index (χ0) is 18.1. The van der Waals surface area contributed by atoms with E-state index < -0.39 is 5.60 Å².